The number of carbonyl (C=O) groups excluding carboxylic acids is 1. The van der Waals surface area contributed by atoms with Crippen molar-refractivity contribution in [2.24, 2.45) is 16.6 Å². The van der Waals surface area contributed by atoms with Crippen LogP contribution in [0.15, 0.2) is 41.5 Å². The monoisotopic (exact) mass is 395 g/mol. The maximum absolute atomic E-state index is 14.8. The molecule has 2 aromatic rings. The Bertz CT molecular complexity index is 1000. The van der Waals surface area contributed by atoms with E-state index in [2.05, 4.69) is 15.3 Å². The molecule has 4 rings (SSSR count). The molecular weight excluding hydrogens is 377 g/mol. The van der Waals surface area contributed by atoms with Crippen molar-refractivity contribution < 1.29 is 9.18 Å². The highest BCUT2D eigenvalue weighted by Crippen LogP contribution is 2.51. The van der Waals surface area contributed by atoms with Crippen molar-refractivity contribution >= 4 is 28.5 Å². The van der Waals surface area contributed by atoms with Crippen LogP contribution in [0, 0.1) is 23.1 Å². The van der Waals surface area contributed by atoms with E-state index < -0.39 is 11.4 Å². The van der Waals surface area contributed by atoms with Gasteiger partial charge in [0.05, 0.1) is 11.1 Å². The van der Waals surface area contributed by atoms with Gasteiger partial charge in [0.1, 0.15) is 17.6 Å². The maximum atomic E-state index is 14.8. The summed E-state index contributed by atoms with van der Waals surface area (Å²) in [5.74, 6) is 0.278. The number of nitriles is 1. The second kappa shape index (κ2) is 7.24. The van der Waals surface area contributed by atoms with Crippen molar-refractivity contribution in [1.29, 1.82) is 5.26 Å². The maximum Gasteiger partial charge on any atom is 0.274 e. The van der Waals surface area contributed by atoms with Crippen molar-refractivity contribution in [3.63, 3.8) is 0 Å². The first kappa shape index (κ1) is 18.4. The fraction of sp³-hybridized carbons (Fsp3) is 0.300. The number of anilines is 1. The topological polar surface area (TPSA) is 104 Å². The quantitative estimate of drug-likeness (QED) is 0.829. The van der Waals surface area contributed by atoms with Crippen LogP contribution < -0.4 is 11.1 Å². The summed E-state index contributed by atoms with van der Waals surface area (Å²) in [6, 6.07) is 9.49. The molecule has 2 atom stereocenters. The molecule has 1 aliphatic heterocycles. The molecule has 1 aromatic carbocycles. The Morgan fingerprint density at radius 1 is 1.39 bits per heavy atom. The molecule has 6 nitrogen and oxygen atoms in total. The first-order valence-electron chi connectivity index (χ1n) is 8.97. The predicted molar refractivity (Wildman–Crippen MR) is 106 cm³/mol. The third-order valence-corrected chi connectivity index (χ3v) is 6.30. The lowest BCUT2D eigenvalue weighted by molar-refractivity contribution is 0.102. The number of nitrogens with one attached hydrogen (secondary N) is 1. The number of fused-ring (bicyclic) bond motifs is 1. The number of amides is 1. The SMILES string of the molecule is N#Cc1ccc(C(=O)Nc2ccc(F)c(C34CCCC3CSC(N)=N4)c2)nc1. The predicted octanol–water partition coefficient (Wildman–Crippen LogP) is 3.40. The highest BCUT2D eigenvalue weighted by atomic mass is 32.2. The standard InChI is InChI=1S/C20H18FN5OS/c21-16-5-4-14(25-18(27)17-6-3-12(9-22)10-24-17)8-15(16)20-7-1-2-13(20)11-28-19(23)26-20/h3-6,8,10,13H,1-2,7,11H2,(H2,23,26)(H,25,27). The number of hydrogen-bond acceptors (Lipinski definition) is 6. The van der Waals surface area contributed by atoms with Crippen molar-refractivity contribution in [3.8, 4) is 6.07 Å². The molecule has 28 heavy (non-hydrogen) atoms. The Morgan fingerprint density at radius 3 is 3.00 bits per heavy atom. The molecular formula is C20H18FN5OS. The van der Waals surface area contributed by atoms with Crippen LogP contribution in [0.4, 0.5) is 10.1 Å². The van der Waals surface area contributed by atoms with E-state index in [1.807, 2.05) is 6.07 Å². The highest BCUT2D eigenvalue weighted by Gasteiger charge is 2.48. The Labute approximate surface area is 166 Å². The zero-order valence-corrected chi connectivity index (χ0v) is 15.8. The van der Waals surface area contributed by atoms with Gasteiger partial charge in [0.15, 0.2) is 5.17 Å². The molecule has 1 fully saturated rings. The van der Waals surface area contributed by atoms with Crippen LogP contribution in [-0.2, 0) is 5.54 Å². The number of nitrogens with zero attached hydrogens (tertiary/aromatic N) is 3. The van der Waals surface area contributed by atoms with Gasteiger partial charge in [0.25, 0.3) is 5.91 Å². The van der Waals surface area contributed by atoms with Crippen molar-refractivity contribution in [2.75, 3.05) is 11.1 Å². The number of thioether (sulfide) groups is 1. The smallest absolute Gasteiger partial charge is 0.274 e. The van der Waals surface area contributed by atoms with E-state index in [0.29, 0.717) is 22.0 Å². The van der Waals surface area contributed by atoms with Gasteiger partial charge in [-0.2, -0.15) is 5.26 Å². The zero-order valence-electron chi connectivity index (χ0n) is 15.0. The number of benzene rings is 1. The summed E-state index contributed by atoms with van der Waals surface area (Å²) in [5.41, 5.74) is 6.81. The lowest BCUT2D eigenvalue weighted by atomic mass is 9.81. The first-order chi connectivity index (χ1) is 13.5. The number of carbonyl (C=O) groups is 1. The van der Waals surface area contributed by atoms with E-state index in [1.165, 1.54) is 42.2 Å². The second-order valence-corrected chi connectivity index (χ2v) is 8.01. The molecule has 2 heterocycles. The number of rotatable bonds is 3. The van der Waals surface area contributed by atoms with Crippen LogP contribution in [-0.4, -0.2) is 21.8 Å². The second-order valence-electron chi connectivity index (χ2n) is 6.97. The van der Waals surface area contributed by atoms with Gasteiger partial charge in [-0.25, -0.2) is 9.37 Å². The number of halogens is 1. The summed E-state index contributed by atoms with van der Waals surface area (Å²) >= 11 is 1.51. The van der Waals surface area contributed by atoms with Crippen molar-refractivity contribution in [2.45, 2.75) is 24.8 Å². The van der Waals surface area contributed by atoms with Gasteiger partial charge >= 0.3 is 0 Å². The fourth-order valence-electron chi connectivity index (χ4n) is 3.98. The summed E-state index contributed by atoms with van der Waals surface area (Å²) in [5, 5.41) is 12.1. The molecule has 3 N–H and O–H groups in total. The summed E-state index contributed by atoms with van der Waals surface area (Å²) in [6.07, 6.45) is 4.02. The van der Waals surface area contributed by atoms with Crippen LogP contribution in [0.25, 0.3) is 0 Å². The molecule has 0 spiro atoms. The van der Waals surface area contributed by atoms with Gasteiger partial charge in [0.2, 0.25) is 0 Å². The van der Waals surface area contributed by atoms with Gasteiger partial charge in [-0.15, -0.1) is 0 Å². The van der Waals surface area contributed by atoms with Crippen LogP contribution in [0.3, 0.4) is 0 Å². The third kappa shape index (κ3) is 3.22. The molecule has 8 heteroatoms. The molecule has 1 aliphatic carbocycles. The van der Waals surface area contributed by atoms with Gasteiger partial charge in [0, 0.05) is 23.2 Å². The molecule has 142 valence electrons. The van der Waals surface area contributed by atoms with E-state index in [-0.39, 0.29) is 17.4 Å². The minimum atomic E-state index is -0.660. The molecule has 0 bridgehead atoms. The molecule has 2 aliphatic rings. The van der Waals surface area contributed by atoms with Gasteiger partial charge in [-0.05, 0) is 49.1 Å². The number of aromatic nitrogens is 1. The van der Waals surface area contributed by atoms with Crippen LogP contribution in [0.5, 0.6) is 0 Å². The number of aliphatic imine (C=N–C) groups is 1. The number of nitrogens with two attached hydrogens (primary N) is 1. The van der Waals surface area contributed by atoms with E-state index >= 15 is 0 Å². The van der Waals surface area contributed by atoms with E-state index in [4.69, 9.17) is 11.0 Å². The number of amidine groups is 1. The van der Waals surface area contributed by atoms with Gasteiger partial charge < -0.3 is 11.1 Å². The normalized spacial score (nSPS) is 23.4. The molecule has 1 saturated carbocycles. The Morgan fingerprint density at radius 2 is 2.25 bits per heavy atom. The minimum absolute atomic E-state index is 0.179. The van der Waals surface area contributed by atoms with E-state index in [1.54, 1.807) is 6.07 Å². The van der Waals surface area contributed by atoms with E-state index in [0.717, 1.165) is 25.0 Å². The highest BCUT2D eigenvalue weighted by molar-refractivity contribution is 8.13. The fourth-order valence-corrected chi connectivity index (χ4v) is 5.02. The average molecular weight is 395 g/mol. The Kier molecular flexibility index (Phi) is 4.77. The Hall–Kier alpha value is -2.92. The number of hydrogen-bond donors (Lipinski definition) is 2. The zero-order chi connectivity index (χ0) is 19.7. The molecule has 2 unspecified atom stereocenters. The van der Waals surface area contributed by atoms with Crippen molar-refractivity contribution in [1.82, 2.24) is 4.98 Å². The largest absolute Gasteiger partial charge is 0.379 e. The molecule has 0 radical (unpaired) electrons. The van der Waals surface area contributed by atoms with Crippen molar-refractivity contribution in [3.05, 3.63) is 59.2 Å². The molecule has 1 amide bonds. The molecule has 1 aromatic heterocycles. The van der Waals surface area contributed by atoms with Gasteiger partial charge in [-0.3, -0.25) is 9.79 Å². The van der Waals surface area contributed by atoms with Crippen LogP contribution >= 0.6 is 11.8 Å². The summed E-state index contributed by atoms with van der Waals surface area (Å²) < 4.78 is 14.8. The van der Waals surface area contributed by atoms with E-state index in [9.17, 15) is 9.18 Å². The first-order valence-corrected chi connectivity index (χ1v) is 9.96. The average Bonchev–Trinajstić information content (AvgIpc) is 3.13. The summed E-state index contributed by atoms with van der Waals surface area (Å²) in [6.45, 7) is 0. The lowest BCUT2D eigenvalue weighted by Gasteiger charge is -2.36. The third-order valence-electron chi connectivity index (χ3n) is 5.34. The van der Waals surface area contributed by atoms with Crippen LogP contribution in [0.1, 0.15) is 40.9 Å². The summed E-state index contributed by atoms with van der Waals surface area (Å²) in [4.78, 5) is 21.1. The Balaban J connectivity index is 1.65. The lowest BCUT2D eigenvalue weighted by Crippen LogP contribution is -2.37. The van der Waals surface area contributed by atoms with Crippen LogP contribution in [0.2, 0.25) is 0 Å². The van der Waals surface area contributed by atoms with Gasteiger partial charge in [-0.1, -0.05) is 18.2 Å². The minimum Gasteiger partial charge on any atom is -0.379 e. The summed E-state index contributed by atoms with van der Waals surface area (Å²) in [7, 11) is 0. The molecule has 0 saturated heterocycles. The number of pyridine rings is 1.